The Morgan fingerprint density at radius 3 is 2.46 bits per heavy atom. The summed E-state index contributed by atoms with van der Waals surface area (Å²) in [7, 11) is 0. The number of carbonyl (C=O) groups excluding carboxylic acids is 1. The molecule has 0 saturated carbocycles. The number of carbonyl (C=O) groups is 1. The average Bonchev–Trinajstić information content (AvgIpc) is 2.73. The Morgan fingerprint density at radius 2 is 1.71 bits per heavy atom. The molecule has 0 aliphatic heterocycles. The van der Waals surface area contributed by atoms with Crippen molar-refractivity contribution < 1.29 is 13.9 Å². The maximum atomic E-state index is 13.3. The highest BCUT2D eigenvalue weighted by atomic mass is 19.1. The number of nitrogens with zero attached hydrogens (tertiary/aromatic N) is 2. The van der Waals surface area contributed by atoms with Gasteiger partial charge in [0.05, 0.1) is 22.8 Å². The number of nitrogens with one attached hydrogen (secondary N) is 1. The summed E-state index contributed by atoms with van der Waals surface area (Å²) in [6.45, 7) is 0. The van der Waals surface area contributed by atoms with Crippen LogP contribution < -0.4 is 5.56 Å². The van der Waals surface area contributed by atoms with Gasteiger partial charge in [0, 0.05) is 18.0 Å². The van der Waals surface area contributed by atoms with Crippen LogP contribution in [0.3, 0.4) is 0 Å². The molecule has 0 spiro atoms. The fourth-order valence-corrected chi connectivity index (χ4v) is 2.88. The standard InChI is InChI=1S/C21H14FN3O3/c22-16-4-1-13(2-5-16)19(14-7-9-23-10-8-14)28-21(27)15-3-6-17-18(11-15)24-12-25-20(17)26/h1-12,19H,(H,24,25,26). The summed E-state index contributed by atoms with van der Waals surface area (Å²) in [4.78, 5) is 35.1. The summed E-state index contributed by atoms with van der Waals surface area (Å²) in [5.74, 6) is -0.968. The highest BCUT2D eigenvalue weighted by Gasteiger charge is 2.21. The molecule has 4 aromatic rings. The number of hydrogen-bond acceptors (Lipinski definition) is 5. The normalized spacial score (nSPS) is 11.9. The fourth-order valence-electron chi connectivity index (χ4n) is 2.88. The minimum Gasteiger partial charge on any atom is -0.449 e. The van der Waals surface area contributed by atoms with Crippen LogP contribution in [0, 0.1) is 5.82 Å². The van der Waals surface area contributed by atoms with Gasteiger partial charge in [0.25, 0.3) is 5.56 Å². The van der Waals surface area contributed by atoms with Crippen LogP contribution in [0.1, 0.15) is 27.6 Å². The predicted molar refractivity (Wildman–Crippen MR) is 100 cm³/mol. The molecule has 0 fully saturated rings. The molecular weight excluding hydrogens is 361 g/mol. The second-order valence-electron chi connectivity index (χ2n) is 6.08. The molecule has 6 nitrogen and oxygen atoms in total. The van der Waals surface area contributed by atoms with E-state index in [1.807, 2.05) is 0 Å². The van der Waals surface area contributed by atoms with E-state index in [0.717, 1.165) is 0 Å². The molecule has 1 N–H and O–H groups in total. The lowest BCUT2D eigenvalue weighted by molar-refractivity contribution is 0.0378. The molecule has 7 heteroatoms. The third kappa shape index (κ3) is 3.50. The number of fused-ring (bicyclic) bond motifs is 1. The highest BCUT2D eigenvalue weighted by molar-refractivity contribution is 5.94. The topological polar surface area (TPSA) is 84.9 Å². The van der Waals surface area contributed by atoms with E-state index in [9.17, 15) is 14.0 Å². The number of halogens is 1. The molecule has 0 radical (unpaired) electrons. The SMILES string of the molecule is O=C(OC(c1ccncc1)c1ccc(F)cc1)c1ccc2c(=O)[nH]cnc2c1. The molecule has 0 saturated heterocycles. The molecule has 1 unspecified atom stereocenters. The highest BCUT2D eigenvalue weighted by Crippen LogP contribution is 2.27. The summed E-state index contributed by atoms with van der Waals surface area (Å²) in [6, 6.07) is 13.7. The third-order valence-electron chi connectivity index (χ3n) is 4.28. The maximum Gasteiger partial charge on any atom is 0.339 e. The van der Waals surface area contributed by atoms with Crippen LogP contribution in [0.2, 0.25) is 0 Å². The van der Waals surface area contributed by atoms with Crippen molar-refractivity contribution in [2.45, 2.75) is 6.10 Å². The molecule has 4 rings (SSSR count). The number of pyridine rings is 1. The van der Waals surface area contributed by atoms with E-state index in [2.05, 4.69) is 15.0 Å². The molecule has 138 valence electrons. The minimum absolute atomic E-state index is 0.256. The lowest BCUT2D eigenvalue weighted by atomic mass is 10.0. The van der Waals surface area contributed by atoms with Crippen LogP contribution in [0.15, 0.2) is 78.1 Å². The zero-order valence-corrected chi connectivity index (χ0v) is 14.5. The van der Waals surface area contributed by atoms with E-state index in [1.54, 1.807) is 36.7 Å². The Labute approximate surface area is 158 Å². The summed E-state index contributed by atoms with van der Waals surface area (Å²) < 4.78 is 19.0. The van der Waals surface area contributed by atoms with Crippen LogP contribution in [0.5, 0.6) is 0 Å². The summed E-state index contributed by atoms with van der Waals surface area (Å²) >= 11 is 0. The first-order valence-electron chi connectivity index (χ1n) is 8.45. The van der Waals surface area contributed by atoms with Gasteiger partial charge < -0.3 is 9.72 Å². The maximum absolute atomic E-state index is 13.3. The lowest BCUT2D eigenvalue weighted by Crippen LogP contribution is -2.14. The number of hydrogen-bond donors (Lipinski definition) is 1. The van der Waals surface area contributed by atoms with Crippen molar-refractivity contribution in [3.8, 4) is 0 Å². The van der Waals surface area contributed by atoms with Crippen molar-refractivity contribution in [2.75, 3.05) is 0 Å². The van der Waals surface area contributed by atoms with Gasteiger partial charge in [0.2, 0.25) is 0 Å². The van der Waals surface area contributed by atoms with Gasteiger partial charge in [-0.1, -0.05) is 12.1 Å². The van der Waals surface area contributed by atoms with Gasteiger partial charge in [-0.25, -0.2) is 14.2 Å². The van der Waals surface area contributed by atoms with Crippen molar-refractivity contribution in [1.82, 2.24) is 15.0 Å². The largest absolute Gasteiger partial charge is 0.449 e. The molecule has 1 atom stereocenters. The van der Waals surface area contributed by atoms with E-state index < -0.39 is 12.1 Å². The number of aromatic amines is 1. The Morgan fingerprint density at radius 1 is 1.00 bits per heavy atom. The third-order valence-corrected chi connectivity index (χ3v) is 4.28. The van der Waals surface area contributed by atoms with Gasteiger partial charge in [-0.05, 0) is 48.0 Å². The molecule has 2 aromatic heterocycles. The number of ether oxygens (including phenoxy) is 1. The molecule has 0 aliphatic carbocycles. The monoisotopic (exact) mass is 375 g/mol. The first-order valence-corrected chi connectivity index (χ1v) is 8.45. The van der Waals surface area contributed by atoms with Gasteiger partial charge in [-0.3, -0.25) is 9.78 Å². The summed E-state index contributed by atoms with van der Waals surface area (Å²) in [5.41, 5.74) is 1.68. The molecule has 2 heterocycles. The van der Waals surface area contributed by atoms with Crippen molar-refractivity contribution in [1.29, 1.82) is 0 Å². The van der Waals surface area contributed by atoms with Crippen LogP contribution in [-0.4, -0.2) is 20.9 Å². The van der Waals surface area contributed by atoms with Gasteiger partial charge in [0.1, 0.15) is 5.82 Å². The van der Waals surface area contributed by atoms with E-state index in [4.69, 9.17) is 4.74 Å². The summed E-state index contributed by atoms with van der Waals surface area (Å²) in [6.07, 6.45) is 3.72. The smallest absolute Gasteiger partial charge is 0.339 e. The molecule has 0 amide bonds. The average molecular weight is 375 g/mol. The number of rotatable bonds is 4. The number of esters is 1. The number of H-pyrrole nitrogens is 1. The fraction of sp³-hybridized carbons (Fsp3) is 0.0476. The van der Waals surface area contributed by atoms with Crippen LogP contribution in [-0.2, 0) is 4.74 Å². The zero-order chi connectivity index (χ0) is 19.5. The van der Waals surface area contributed by atoms with E-state index in [0.29, 0.717) is 22.0 Å². The van der Waals surface area contributed by atoms with Crippen LogP contribution >= 0.6 is 0 Å². The molecule has 0 bridgehead atoms. The van der Waals surface area contributed by atoms with Gasteiger partial charge in [-0.2, -0.15) is 0 Å². The second kappa shape index (κ2) is 7.40. The zero-order valence-electron chi connectivity index (χ0n) is 14.5. The van der Waals surface area contributed by atoms with Crippen LogP contribution in [0.4, 0.5) is 4.39 Å². The Hall–Kier alpha value is -3.87. The summed E-state index contributed by atoms with van der Waals surface area (Å²) in [5, 5.41) is 0.378. The first-order chi connectivity index (χ1) is 13.6. The van der Waals surface area contributed by atoms with E-state index in [-0.39, 0.29) is 16.9 Å². The quantitative estimate of drug-likeness (QED) is 0.553. The van der Waals surface area contributed by atoms with Crippen molar-refractivity contribution >= 4 is 16.9 Å². The van der Waals surface area contributed by atoms with Gasteiger partial charge in [-0.15, -0.1) is 0 Å². The van der Waals surface area contributed by atoms with Gasteiger partial charge in [0.15, 0.2) is 6.10 Å². The Kier molecular flexibility index (Phi) is 4.63. The van der Waals surface area contributed by atoms with Crippen molar-refractivity contribution in [2.24, 2.45) is 0 Å². The number of benzene rings is 2. The lowest BCUT2D eigenvalue weighted by Gasteiger charge is -2.19. The van der Waals surface area contributed by atoms with Crippen LogP contribution in [0.25, 0.3) is 10.9 Å². The Balaban J connectivity index is 1.69. The predicted octanol–water partition coefficient (Wildman–Crippen LogP) is 3.40. The number of aromatic nitrogens is 3. The molecule has 28 heavy (non-hydrogen) atoms. The van der Waals surface area contributed by atoms with Crippen molar-refractivity contribution in [3.63, 3.8) is 0 Å². The van der Waals surface area contributed by atoms with Crippen molar-refractivity contribution in [3.05, 3.63) is 106 Å². The van der Waals surface area contributed by atoms with E-state index >= 15 is 0 Å². The molecule has 2 aromatic carbocycles. The van der Waals surface area contributed by atoms with Gasteiger partial charge >= 0.3 is 5.97 Å². The Bertz CT molecular complexity index is 1190. The minimum atomic E-state index is -0.737. The molecule has 0 aliphatic rings. The first kappa shape index (κ1) is 17.5. The second-order valence-corrected chi connectivity index (χ2v) is 6.08. The molecular formula is C21H14FN3O3. The van der Waals surface area contributed by atoms with E-state index in [1.165, 1.54) is 36.7 Å².